The highest BCUT2D eigenvalue weighted by atomic mass is 32.1. The highest BCUT2D eigenvalue weighted by molar-refractivity contribution is 7.80. The minimum Gasteiger partial charge on any atom is -0.493 e. The first-order valence-electron chi connectivity index (χ1n) is 5.77. The van der Waals surface area contributed by atoms with Crippen molar-refractivity contribution in [2.45, 2.75) is 26.3 Å². The number of hydrogen-bond donors (Lipinski definition) is 2. The van der Waals surface area contributed by atoms with Crippen molar-refractivity contribution in [3.8, 4) is 5.75 Å². The van der Waals surface area contributed by atoms with Gasteiger partial charge in [-0.05, 0) is 31.5 Å². The molecule has 1 aromatic rings. The summed E-state index contributed by atoms with van der Waals surface area (Å²) in [6.45, 7) is 4.07. The summed E-state index contributed by atoms with van der Waals surface area (Å²) in [5, 5.41) is 2.69. The van der Waals surface area contributed by atoms with Crippen LogP contribution in [0.5, 0.6) is 5.75 Å². The fraction of sp³-hybridized carbons (Fsp3) is 0.385. The van der Waals surface area contributed by atoms with Gasteiger partial charge in [0.05, 0.1) is 24.1 Å². The number of rotatable bonds is 6. The topological polar surface area (TPSA) is 64.3 Å². The largest absolute Gasteiger partial charge is 0.493 e. The third kappa shape index (κ3) is 5.14. The van der Waals surface area contributed by atoms with Gasteiger partial charge in [0.25, 0.3) is 0 Å². The molecule has 4 nitrogen and oxygen atoms in total. The number of aryl methyl sites for hydroxylation is 1. The normalized spacial score (nSPS) is 11.7. The van der Waals surface area contributed by atoms with Crippen LogP contribution in [0.25, 0.3) is 0 Å². The lowest BCUT2D eigenvalue weighted by Crippen LogP contribution is -2.41. The van der Waals surface area contributed by atoms with E-state index in [4.69, 9.17) is 22.7 Å². The molecular formula is C13H18N2O2S. The molecule has 0 aromatic heterocycles. The van der Waals surface area contributed by atoms with Gasteiger partial charge in [0.15, 0.2) is 0 Å². The summed E-state index contributed by atoms with van der Waals surface area (Å²) in [7, 11) is 0. The van der Waals surface area contributed by atoms with Crippen LogP contribution < -0.4 is 15.8 Å². The van der Waals surface area contributed by atoms with Crippen molar-refractivity contribution in [1.29, 1.82) is 0 Å². The quantitative estimate of drug-likeness (QED) is 0.767. The fourth-order valence-electron chi connectivity index (χ4n) is 1.35. The van der Waals surface area contributed by atoms with Gasteiger partial charge in [0, 0.05) is 0 Å². The number of benzene rings is 1. The zero-order valence-corrected chi connectivity index (χ0v) is 11.4. The smallest absolute Gasteiger partial charge is 0.223 e. The minimum absolute atomic E-state index is 0.122. The van der Waals surface area contributed by atoms with E-state index in [-0.39, 0.29) is 23.4 Å². The predicted molar refractivity (Wildman–Crippen MR) is 75.7 cm³/mol. The number of thiocarbonyl (C=S) groups is 1. The highest BCUT2D eigenvalue weighted by Crippen LogP contribution is 2.12. The molecule has 18 heavy (non-hydrogen) atoms. The van der Waals surface area contributed by atoms with E-state index < -0.39 is 0 Å². The summed E-state index contributed by atoms with van der Waals surface area (Å²) >= 11 is 4.77. The molecule has 0 saturated carbocycles. The molecule has 1 atom stereocenters. The first kappa shape index (κ1) is 14.4. The molecule has 0 aliphatic rings. The van der Waals surface area contributed by atoms with E-state index in [0.29, 0.717) is 6.61 Å². The molecular weight excluding hydrogens is 248 g/mol. The molecule has 1 rings (SSSR count). The zero-order valence-electron chi connectivity index (χ0n) is 10.6. The van der Waals surface area contributed by atoms with Crippen LogP contribution >= 0.6 is 12.2 Å². The van der Waals surface area contributed by atoms with Gasteiger partial charge in [-0.15, -0.1) is 0 Å². The summed E-state index contributed by atoms with van der Waals surface area (Å²) in [6, 6.07) is 7.41. The van der Waals surface area contributed by atoms with Crippen LogP contribution in [-0.4, -0.2) is 23.5 Å². The van der Waals surface area contributed by atoms with Crippen molar-refractivity contribution in [1.82, 2.24) is 5.32 Å². The molecule has 0 spiro atoms. The second kappa shape index (κ2) is 6.96. The molecule has 1 amide bonds. The van der Waals surface area contributed by atoms with Crippen LogP contribution in [0.4, 0.5) is 0 Å². The van der Waals surface area contributed by atoms with E-state index in [1.807, 2.05) is 31.2 Å². The van der Waals surface area contributed by atoms with Crippen molar-refractivity contribution in [2.24, 2.45) is 5.73 Å². The molecule has 1 aromatic carbocycles. The molecule has 0 heterocycles. The Kier molecular flexibility index (Phi) is 5.58. The maximum absolute atomic E-state index is 11.5. The van der Waals surface area contributed by atoms with Crippen molar-refractivity contribution in [2.75, 3.05) is 6.61 Å². The minimum atomic E-state index is -0.286. The Morgan fingerprint density at radius 2 is 2.28 bits per heavy atom. The van der Waals surface area contributed by atoms with Crippen LogP contribution in [0.3, 0.4) is 0 Å². The van der Waals surface area contributed by atoms with Crippen molar-refractivity contribution in [3.05, 3.63) is 29.8 Å². The van der Waals surface area contributed by atoms with Crippen molar-refractivity contribution in [3.63, 3.8) is 0 Å². The van der Waals surface area contributed by atoms with Crippen molar-refractivity contribution < 1.29 is 9.53 Å². The summed E-state index contributed by atoms with van der Waals surface area (Å²) in [6.07, 6.45) is 0.279. The molecule has 0 aliphatic carbocycles. The number of hydrogen-bond acceptors (Lipinski definition) is 3. The SMILES string of the molecule is Cc1cccc(OCCC(=O)NC(C)C(N)=S)c1. The number of nitrogens with two attached hydrogens (primary N) is 1. The van der Waals surface area contributed by atoms with Crippen molar-refractivity contribution >= 4 is 23.1 Å². The van der Waals surface area contributed by atoms with Gasteiger partial charge in [-0.1, -0.05) is 24.4 Å². The molecule has 0 aliphatic heterocycles. The number of carbonyl (C=O) groups is 1. The Balaban J connectivity index is 2.29. The second-order valence-electron chi connectivity index (χ2n) is 4.11. The fourth-order valence-corrected chi connectivity index (χ4v) is 1.41. The average Bonchev–Trinajstić information content (AvgIpc) is 2.28. The van der Waals surface area contributed by atoms with E-state index in [1.165, 1.54) is 0 Å². The van der Waals surface area contributed by atoms with Crippen LogP contribution in [0.15, 0.2) is 24.3 Å². The Bertz CT molecular complexity index is 435. The van der Waals surface area contributed by atoms with E-state index in [2.05, 4.69) is 5.32 Å². The van der Waals surface area contributed by atoms with Crippen LogP contribution in [0.2, 0.25) is 0 Å². The second-order valence-corrected chi connectivity index (χ2v) is 4.58. The van der Waals surface area contributed by atoms with Crippen LogP contribution in [0, 0.1) is 6.92 Å². The molecule has 1 unspecified atom stereocenters. The molecule has 98 valence electrons. The number of amides is 1. The van der Waals surface area contributed by atoms with Gasteiger partial charge in [-0.2, -0.15) is 0 Å². The molecule has 0 radical (unpaired) electrons. The summed E-state index contributed by atoms with van der Waals surface area (Å²) in [4.78, 5) is 11.8. The van der Waals surface area contributed by atoms with Crippen LogP contribution in [0.1, 0.15) is 18.9 Å². The molecule has 0 saturated heterocycles. The first-order valence-corrected chi connectivity index (χ1v) is 6.18. The predicted octanol–water partition coefficient (Wildman–Crippen LogP) is 1.55. The zero-order chi connectivity index (χ0) is 13.5. The van der Waals surface area contributed by atoms with Gasteiger partial charge in [0.1, 0.15) is 5.75 Å². The monoisotopic (exact) mass is 266 g/mol. The van der Waals surface area contributed by atoms with Gasteiger partial charge < -0.3 is 15.8 Å². The number of ether oxygens (including phenoxy) is 1. The Morgan fingerprint density at radius 1 is 1.56 bits per heavy atom. The maximum Gasteiger partial charge on any atom is 0.223 e. The lowest BCUT2D eigenvalue weighted by Gasteiger charge is -2.12. The van der Waals surface area contributed by atoms with Crippen LogP contribution in [-0.2, 0) is 4.79 Å². The molecule has 0 fully saturated rings. The Hall–Kier alpha value is -1.62. The third-order valence-electron chi connectivity index (χ3n) is 2.39. The summed E-state index contributed by atoms with van der Waals surface area (Å²) in [5.74, 6) is 0.646. The number of nitrogens with one attached hydrogen (secondary N) is 1. The first-order chi connectivity index (χ1) is 8.49. The lowest BCUT2D eigenvalue weighted by molar-refractivity contribution is -0.121. The Morgan fingerprint density at radius 3 is 2.89 bits per heavy atom. The van der Waals surface area contributed by atoms with E-state index in [9.17, 15) is 4.79 Å². The standard InChI is InChI=1S/C13H18N2O2S/c1-9-4-3-5-11(8-9)17-7-6-12(16)15-10(2)13(14)18/h3-5,8,10H,6-7H2,1-2H3,(H2,14,18)(H,15,16). The van der Waals surface area contributed by atoms with E-state index in [0.717, 1.165) is 11.3 Å². The molecule has 3 N–H and O–H groups in total. The highest BCUT2D eigenvalue weighted by Gasteiger charge is 2.09. The Labute approximate surface area is 113 Å². The number of carbonyl (C=O) groups excluding carboxylic acids is 1. The lowest BCUT2D eigenvalue weighted by atomic mass is 10.2. The third-order valence-corrected chi connectivity index (χ3v) is 2.75. The maximum atomic E-state index is 11.5. The molecule has 0 bridgehead atoms. The summed E-state index contributed by atoms with van der Waals surface area (Å²) < 4.78 is 5.47. The summed E-state index contributed by atoms with van der Waals surface area (Å²) in [5.41, 5.74) is 6.53. The van der Waals surface area contributed by atoms with Gasteiger partial charge in [-0.25, -0.2) is 0 Å². The van der Waals surface area contributed by atoms with Gasteiger partial charge >= 0.3 is 0 Å². The molecule has 5 heteroatoms. The average molecular weight is 266 g/mol. The van der Waals surface area contributed by atoms with E-state index >= 15 is 0 Å². The van der Waals surface area contributed by atoms with E-state index in [1.54, 1.807) is 6.92 Å². The van der Waals surface area contributed by atoms with Gasteiger partial charge in [-0.3, -0.25) is 4.79 Å². The van der Waals surface area contributed by atoms with Gasteiger partial charge in [0.2, 0.25) is 5.91 Å².